The van der Waals surface area contributed by atoms with Crippen molar-refractivity contribution in [3.8, 4) is 11.5 Å². The average Bonchev–Trinajstić information content (AvgIpc) is 3.19. The SMILES string of the molecule is O=C(O)/C(=C\c1cccc(OCCOc2ccccc2)c1)c1cccs1. The molecule has 0 saturated heterocycles. The Balaban J connectivity index is 1.62. The van der Waals surface area contributed by atoms with Gasteiger partial charge < -0.3 is 14.6 Å². The molecule has 4 nitrogen and oxygen atoms in total. The third kappa shape index (κ3) is 4.97. The minimum absolute atomic E-state index is 0.268. The second-order valence-corrected chi connectivity index (χ2v) is 6.37. The first-order valence-electron chi connectivity index (χ1n) is 8.12. The molecule has 0 atom stereocenters. The highest BCUT2D eigenvalue weighted by molar-refractivity contribution is 7.11. The van der Waals surface area contributed by atoms with Crippen molar-refractivity contribution < 1.29 is 19.4 Å². The molecule has 0 saturated carbocycles. The zero-order valence-electron chi connectivity index (χ0n) is 14.0. The molecule has 1 N–H and O–H groups in total. The standard InChI is InChI=1S/C21H18O4S/c22-21(23)19(20-10-5-13-26-20)15-16-6-4-9-18(14-16)25-12-11-24-17-7-2-1-3-8-17/h1-10,13-15H,11-12H2,(H,22,23)/b19-15-. The summed E-state index contributed by atoms with van der Waals surface area (Å²) in [6, 6.07) is 20.5. The second-order valence-electron chi connectivity index (χ2n) is 5.42. The smallest absolute Gasteiger partial charge is 0.337 e. The highest BCUT2D eigenvalue weighted by Gasteiger charge is 2.11. The zero-order chi connectivity index (χ0) is 18.2. The van der Waals surface area contributed by atoms with E-state index < -0.39 is 5.97 Å². The molecule has 26 heavy (non-hydrogen) atoms. The highest BCUT2D eigenvalue weighted by atomic mass is 32.1. The number of carbonyl (C=O) groups is 1. The number of thiophene rings is 1. The molecule has 0 aliphatic carbocycles. The summed E-state index contributed by atoms with van der Waals surface area (Å²) in [6.07, 6.45) is 1.65. The monoisotopic (exact) mass is 366 g/mol. The van der Waals surface area contributed by atoms with Crippen LogP contribution in [0.15, 0.2) is 72.1 Å². The Bertz CT molecular complexity index is 870. The number of aliphatic carboxylic acids is 1. The lowest BCUT2D eigenvalue weighted by Crippen LogP contribution is -2.08. The Kier molecular flexibility index (Phi) is 6.06. The molecule has 3 rings (SSSR count). The molecule has 2 aromatic carbocycles. The van der Waals surface area contributed by atoms with Gasteiger partial charge >= 0.3 is 5.97 Å². The van der Waals surface area contributed by atoms with Crippen molar-refractivity contribution in [3.63, 3.8) is 0 Å². The minimum Gasteiger partial charge on any atom is -0.490 e. The quantitative estimate of drug-likeness (QED) is 0.458. The molecule has 0 unspecified atom stereocenters. The van der Waals surface area contributed by atoms with Crippen LogP contribution >= 0.6 is 11.3 Å². The first kappa shape index (κ1) is 17.8. The van der Waals surface area contributed by atoms with Crippen LogP contribution in [0.2, 0.25) is 0 Å². The fraction of sp³-hybridized carbons (Fsp3) is 0.0952. The average molecular weight is 366 g/mol. The fourth-order valence-electron chi connectivity index (χ4n) is 2.37. The first-order chi connectivity index (χ1) is 12.7. The van der Waals surface area contributed by atoms with E-state index in [4.69, 9.17) is 9.47 Å². The molecular weight excluding hydrogens is 348 g/mol. The Hall–Kier alpha value is -3.05. The van der Waals surface area contributed by atoms with E-state index in [2.05, 4.69) is 0 Å². The molecule has 0 amide bonds. The lowest BCUT2D eigenvalue weighted by molar-refractivity contribution is -0.130. The van der Waals surface area contributed by atoms with Crippen LogP contribution in [0, 0.1) is 0 Å². The largest absolute Gasteiger partial charge is 0.490 e. The van der Waals surface area contributed by atoms with E-state index in [1.165, 1.54) is 11.3 Å². The van der Waals surface area contributed by atoms with Gasteiger partial charge in [-0.3, -0.25) is 0 Å². The normalized spacial score (nSPS) is 11.2. The van der Waals surface area contributed by atoms with Crippen LogP contribution < -0.4 is 9.47 Å². The maximum atomic E-state index is 11.5. The molecule has 132 valence electrons. The number of carboxylic acid groups (broad SMARTS) is 1. The van der Waals surface area contributed by atoms with Crippen molar-refractivity contribution in [2.45, 2.75) is 0 Å². The van der Waals surface area contributed by atoms with Crippen LogP contribution in [0.25, 0.3) is 11.6 Å². The fourth-order valence-corrected chi connectivity index (χ4v) is 3.10. The van der Waals surface area contributed by atoms with Gasteiger partial charge in [0, 0.05) is 4.88 Å². The lowest BCUT2D eigenvalue weighted by Gasteiger charge is -2.09. The van der Waals surface area contributed by atoms with Gasteiger partial charge in [-0.2, -0.15) is 0 Å². The second kappa shape index (κ2) is 8.87. The van der Waals surface area contributed by atoms with Crippen molar-refractivity contribution in [1.82, 2.24) is 0 Å². The molecule has 1 heterocycles. The third-order valence-electron chi connectivity index (χ3n) is 3.55. The van der Waals surface area contributed by atoms with E-state index in [1.807, 2.05) is 66.0 Å². The van der Waals surface area contributed by atoms with Crippen LogP contribution in [0.1, 0.15) is 10.4 Å². The van der Waals surface area contributed by atoms with Crippen molar-refractivity contribution >= 4 is 29.0 Å². The molecule has 0 fully saturated rings. The van der Waals surface area contributed by atoms with Gasteiger partial charge in [0.05, 0.1) is 5.57 Å². The van der Waals surface area contributed by atoms with Crippen LogP contribution in [-0.4, -0.2) is 24.3 Å². The maximum Gasteiger partial charge on any atom is 0.337 e. The van der Waals surface area contributed by atoms with Crippen LogP contribution in [0.4, 0.5) is 0 Å². The van der Waals surface area contributed by atoms with Crippen LogP contribution in [0.5, 0.6) is 11.5 Å². The lowest BCUT2D eigenvalue weighted by atomic mass is 10.1. The first-order valence-corrected chi connectivity index (χ1v) is 9.00. The molecule has 0 aliphatic heterocycles. The Morgan fingerprint density at radius 3 is 2.35 bits per heavy atom. The van der Waals surface area contributed by atoms with E-state index in [0.29, 0.717) is 19.0 Å². The van der Waals surface area contributed by atoms with Gasteiger partial charge in [0.1, 0.15) is 24.7 Å². The third-order valence-corrected chi connectivity index (χ3v) is 4.45. The zero-order valence-corrected chi connectivity index (χ0v) is 14.8. The molecule has 3 aromatic rings. The minimum atomic E-state index is -0.949. The van der Waals surface area contributed by atoms with Gasteiger partial charge in [-0.05, 0) is 47.4 Å². The number of rotatable bonds is 8. The van der Waals surface area contributed by atoms with Crippen molar-refractivity contribution in [2.24, 2.45) is 0 Å². The summed E-state index contributed by atoms with van der Waals surface area (Å²) in [4.78, 5) is 12.2. The number of hydrogen-bond acceptors (Lipinski definition) is 4. The van der Waals surface area contributed by atoms with Gasteiger partial charge in [0.15, 0.2) is 0 Å². The highest BCUT2D eigenvalue weighted by Crippen LogP contribution is 2.24. The number of hydrogen-bond donors (Lipinski definition) is 1. The predicted octanol–water partition coefficient (Wildman–Crippen LogP) is 4.83. The molecule has 0 radical (unpaired) electrons. The number of carboxylic acids is 1. The number of ether oxygens (including phenoxy) is 2. The molecule has 0 aliphatic rings. The molecule has 0 bridgehead atoms. The number of para-hydroxylation sites is 1. The van der Waals surface area contributed by atoms with Crippen LogP contribution in [-0.2, 0) is 4.79 Å². The summed E-state index contributed by atoms with van der Waals surface area (Å²) in [5.41, 5.74) is 1.04. The summed E-state index contributed by atoms with van der Waals surface area (Å²) in [5, 5.41) is 11.3. The van der Waals surface area contributed by atoms with E-state index in [1.54, 1.807) is 12.1 Å². The van der Waals surface area contributed by atoms with Gasteiger partial charge in [-0.25, -0.2) is 4.79 Å². The summed E-state index contributed by atoms with van der Waals surface area (Å²) in [5.74, 6) is 0.524. The topological polar surface area (TPSA) is 55.8 Å². The van der Waals surface area contributed by atoms with Crippen molar-refractivity contribution in [2.75, 3.05) is 13.2 Å². The summed E-state index contributed by atoms with van der Waals surface area (Å²) >= 11 is 1.40. The summed E-state index contributed by atoms with van der Waals surface area (Å²) in [6.45, 7) is 0.832. The maximum absolute atomic E-state index is 11.5. The van der Waals surface area contributed by atoms with Crippen LogP contribution in [0.3, 0.4) is 0 Å². The van der Waals surface area contributed by atoms with E-state index in [0.717, 1.165) is 16.2 Å². The molecular formula is C21H18O4S. The summed E-state index contributed by atoms with van der Waals surface area (Å²) < 4.78 is 11.3. The van der Waals surface area contributed by atoms with E-state index in [-0.39, 0.29) is 5.57 Å². The number of benzene rings is 2. The van der Waals surface area contributed by atoms with Gasteiger partial charge in [-0.1, -0.05) is 36.4 Å². The van der Waals surface area contributed by atoms with Gasteiger partial charge in [0.2, 0.25) is 0 Å². The summed E-state index contributed by atoms with van der Waals surface area (Å²) in [7, 11) is 0. The predicted molar refractivity (Wildman–Crippen MR) is 104 cm³/mol. The molecule has 0 spiro atoms. The molecule has 5 heteroatoms. The van der Waals surface area contributed by atoms with Gasteiger partial charge in [0.25, 0.3) is 0 Å². The Morgan fingerprint density at radius 1 is 0.923 bits per heavy atom. The van der Waals surface area contributed by atoms with Gasteiger partial charge in [-0.15, -0.1) is 11.3 Å². The van der Waals surface area contributed by atoms with Crippen molar-refractivity contribution in [1.29, 1.82) is 0 Å². The Morgan fingerprint density at radius 2 is 1.65 bits per heavy atom. The van der Waals surface area contributed by atoms with E-state index >= 15 is 0 Å². The molecule has 1 aromatic heterocycles. The van der Waals surface area contributed by atoms with E-state index in [9.17, 15) is 9.90 Å². The Labute approximate surface area is 156 Å². The van der Waals surface area contributed by atoms with Crippen molar-refractivity contribution in [3.05, 3.63) is 82.6 Å².